The standard InChI is InChI=1S/C26H30N2O5/c1-2-17(24(29)28-13-7-8-18(15-28)25(30)31)14-27-26(32)33-16-23-21-11-5-3-9-19(21)20-10-4-6-12-22(20)23/h3-6,9-12,17-18,23H,2,7-8,13-16H2,1H3,(H,27,32)(H,30,31)/t17?,18-/m1/s1. The van der Waals surface area contributed by atoms with Crippen molar-refractivity contribution in [2.24, 2.45) is 11.8 Å². The molecule has 4 rings (SSSR count). The zero-order valence-corrected chi connectivity index (χ0v) is 18.8. The van der Waals surface area contributed by atoms with Crippen LogP contribution in [0.1, 0.15) is 43.2 Å². The van der Waals surface area contributed by atoms with Gasteiger partial charge < -0.3 is 20.1 Å². The van der Waals surface area contributed by atoms with Crippen LogP contribution in [0.3, 0.4) is 0 Å². The monoisotopic (exact) mass is 450 g/mol. The van der Waals surface area contributed by atoms with Crippen molar-refractivity contribution >= 4 is 18.0 Å². The highest BCUT2D eigenvalue weighted by Crippen LogP contribution is 2.44. The Morgan fingerprint density at radius 2 is 1.73 bits per heavy atom. The normalized spacial score (nSPS) is 18.2. The maximum absolute atomic E-state index is 12.9. The molecule has 2 N–H and O–H groups in total. The second kappa shape index (κ2) is 10.1. The van der Waals surface area contributed by atoms with Crippen LogP contribution in [0.2, 0.25) is 0 Å². The number of benzene rings is 2. The van der Waals surface area contributed by atoms with Gasteiger partial charge in [-0.25, -0.2) is 4.79 Å². The highest BCUT2D eigenvalue weighted by molar-refractivity contribution is 5.81. The molecule has 2 aromatic rings. The minimum atomic E-state index is -0.864. The average molecular weight is 451 g/mol. The summed E-state index contributed by atoms with van der Waals surface area (Å²) in [5, 5.41) is 12.0. The van der Waals surface area contributed by atoms with E-state index in [1.165, 1.54) is 11.1 Å². The van der Waals surface area contributed by atoms with E-state index >= 15 is 0 Å². The van der Waals surface area contributed by atoms with Crippen molar-refractivity contribution in [2.75, 3.05) is 26.2 Å². The summed E-state index contributed by atoms with van der Waals surface area (Å²) in [6.45, 7) is 3.07. The Labute approximate surface area is 193 Å². The van der Waals surface area contributed by atoms with E-state index in [9.17, 15) is 19.5 Å². The van der Waals surface area contributed by atoms with E-state index in [1.54, 1.807) is 4.90 Å². The number of likely N-dealkylation sites (tertiary alicyclic amines) is 1. The number of ether oxygens (including phenoxy) is 1. The third-order valence-electron chi connectivity index (χ3n) is 6.76. The second-order valence-electron chi connectivity index (χ2n) is 8.77. The number of carbonyl (C=O) groups is 3. The molecule has 1 unspecified atom stereocenters. The number of hydrogen-bond acceptors (Lipinski definition) is 4. The Bertz CT molecular complexity index is 991. The van der Waals surface area contributed by atoms with Gasteiger partial charge in [-0.05, 0) is 41.5 Å². The van der Waals surface area contributed by atoms with Crippen LogP contribution in [-0.2, 0) is 14.3 Å². The van der Waals surface area contributed by atoms with Gasteiger partial charge in [-0.2, -0.15) is 0 Å². The molecule has 1 saturated heterocycles. The first-order chi connectivity index (χ1) is 16.0. The van der Waals surface area contributed by atoms with Crippen molar-refractivity contribution in [1.82, 2.24) is 10.2 Å². The zero-order chi connectivity index (χ0) is 23.4. The Hall–Kier alpha value is -3.35. The number of rotatable bonds is 7. The van der Waals surface area contributed by atoms with Crippen LogP contribution in [0, 0.1) is 11.8 Å². The summed E-state index contributed by atoms with van der Waals surface area (Å²) in [5.74, 6) is -1.92. The Balaban J connectivity index is 1.32. The number of alkyl carbamates (subject to hydrolysis) is 1. The molecule has 2 aromatic carbocycles. The zero-order valence-electron chi connectivity index (χ0n) is 18.8. The van der Waals surface area contributed by atoms with Crippen molar-refractivity contribution in [3.63, 3.8) is 0 Å². The first kappa shape index (κ1) is 22.8. The molecule has 2 amide bonds. The number of fused-ring (bicyclic) bond motifs is 3. The summed E-state index contributed by atoms with van der Waals surface area (Å²) in [7, 11) is 0. The number of nitrogens with zero attached hydrogens (tertiary/aromatic N) is 1. The fraction of sp³-hybridized carbons (Fsp3) is 0.423. The van der Waals surface area contributed by atoms with E-state index in [2.05, 4.69) is 29.6 Å². The SMILES string of the molecule is CCC(CNC(=O)OCC1c2ccccc2-c2ccccc21)C(=O)N1CCC[C@@H](C(=O)O)C1. The van der Waals surface area contributed by atoms with Gasteiger partial charge in [0, 0.05) is 25.6 Å². The molecular weight excluding hydrogens is 420 g/mol. The summed E-state index contributed by atoms with van der Waals surface area (Å²) in [4.78, 5) is 38.3. The summed E-state index contributed by atoms with van der Waals surface area (Å²) < 4.78 is 5.56. The Kier molecular flexibility index (Phi) is 6.96. The van der Waals surface area contributed by atoms with Crippen LogP contribution >= 0.6 is 0 Å². The van der Waals surface area contributed by atoms with Gasteiger partial charge in [0.25, 0.3) is 0 Å². The average Bonchev–Trinajstić information content (AvgIpc) is 3.16. The fourth-order valence-corrected chi connectivity index (χ4v) is 4.90. The molecule has 0 aromatic heterocycles. The number of carbonyl (C=O) groups excluding carboxylic acids is 2. The molecule has 1 aliphatic carbocycles. The largest absolute Gasteiger partial charge is 0.481 e. The van der Waals surface area contributed by atoms with Crippen molar-refractivity contribution in [3.8, 4) is 11.1 Å². The van der Waals surface area contributed by atoms with Gasteiger partial charge in [0.15, 0.2) is 0 Å². The molecule has 7 heteroatoms. The summed E-state index contributed by atoms with van der Waals surface area (Å²) in [6.07, 6.45) is 1.27. The lowest BCUT2D eigenvalue weighted by atomic mass is 9.96. The van der Waals surface area contributed by atoms with Crippen LogP contribution in [0.25, 0.3) is 11.1 Å². The molecule has 1 heterocycles. The molecular formula is C26H30N2O5. The predicted molar refractivity (Wildman–Crippen MR) is 124 cm³/mol. The molecule has 174 valence electrons. The number of amides is 2. The molecule has 1 fully saturated rings. The topological polar surface area (TPSA) is 95.9 Å². The number of piperidine rings is 1. The smallest absolute Gasteiger partial charge is 0.407 e. The van der Waals surface area contributed by atoms with Crippen LogP contribution in [0.5, 0.6) is 0 Å². The summed E-state index contributed by atoms with van der Waals surface area (Å²) in [5.41, 5.74) is 4.62. The third-order valence-corrected chi connectivity index (χ3v) is 6.76. The summed E-state index contributed by atoms with van der Waals surface area (Å²) in [6, 6.07) is 16.3. The number of carboxylic acids is 1. The number of nitrogens with one attached hydrogen (secondary N) is 1. The van der Waals surface area contributed by atoms with Crippen molar-refractivity contribution in [3.05, 3.63) is 59.7 Å². The van der Waals surface area contributed by atoms with Gasteiger partial charge in [-0.1, -0.05) is 55.5 Å². The molecule has 0 radical (unpaired) electrons. The van der Waals surface area contributed by atoms with E-state index in [-0.39, 0.29) is 31.5 Å². The quantitative estimate of drug-likeness (QED) is 0.668. The van der Waals surface area contributed by atoms with Gasteiger partial charge in [0.2, 0.25) is 5.91 Å². The van der Waals surface area contributed by atoms with E-state index in [0.717, 1.165) is 11.1 Å². The minimum absolute atomic E-state index is 0.0203. The predicted octanol–water partition coefficient (Wildman–Crippen LogP) is 3.87. The van der Waals surface area contributed by atoms with E-state index < -0.39 is 23.9 Å². The maximum atomic E-state index is 12.9. The van der Waals surface area contributed by atoms with E-state index in [0.29, 0.717) is 25.8 Å². The molecule has 1 aliphatic heterocycles. The molecule has 0 bridgehead atoms. The summed E-state index contributed by atoms with van der Waals surface area (Å²) >= 11 is 0. The number of aliphatic carboxylic acids is 1. The van der Waals surface area contributed by atoms with E-state index in [1.807, 2.05) is 31.2 Å². The maximum Gasteiger partial charge on any atom is 0.407 e. The van der Waals surface area contributed by atoms with Crippen LogP contribution in [-0.4, -0.2) is 54.2 Å². The Morgan fingerprint density at radius 3 is 2.33 bits per heavy atom. The number of carboxylic acid groups (broad SMARTS) is 1. The third kappa shape index (κ3) is 4.87. The van der Waals surface area contributed by atoms with Gasteiger partial charge in [0.05, 0.1) is 11.8 Å². The van der Waals surface area contributed by atoms with Crippen LogP contribution < -0.4 is 5.32 Å². The first-order valence-corrected chi connectivity index (χ1v) is 11.6. The minimum Gasteiger partial charge on any atom is -0.481 e. The Morgan fingerprint density at radius 1 is 1.09 bits per heavy atom. The first-order valence-electron chi connectivity index (χ1n) is 11.6. The van der Waals surface area contributed by atoms with Crippen molar-refractivity contribution in [1.29, 1.82) is 0 Å². The van der Waals surface area contributed by atoms with Gasteiger partial charge in [-0.3, -0.25) is 9.59 Å². The van der Waals surface area contributed by atoms with E-state index in [4.69, 9.17) is 4.74 Å². The lowest BCUT2D eigenvalue weighted by molar-refractivity contribution is -0.146. The molecule has 2 atom stereocenters. The lowest BCUT2D eigenvalue weighted by Gasteiger charge is -2.33. The molecule has 2 aliphatic rings. The van der Waals surface area contributed by atoms with Gasteiger partial charge >= 0.3 is 12.1 Å². The highest BCUT2D eigenvalue weighted by Gasteiger charge is 2.32. The number of hydrogen-bond donors (Lipinski definition) is 2. The van der Waals surface area contributed by atoms with Crippen LogP contribution in [0.15, 0.2) is 48.5 Å². The molecule has 0 spiro atoms. The highest BCUT2D eigenvalue weighted by atomic mass is 16.5. The van der Waals surface area contributed by atoms with Crippen molar-refractivity contribution < 1.29 is 24.2 Å². The van der Waals surface area contributed by atoms with Crippen LogP contribution in [0.4, 0.5) is 4.79 Å². The molecule has 33 heavy (non-hydrogen) atoms. The molecule has 7 nitrogen and oxygen atoms in total. The molecule has 0 saturated carbocycles. The van der Waals surface area contributed by atoms with Crippen molar-refractivity contribution in [2.45, 2.75) is 32.1 Å². The lowest BCUT2D eigenvalue weighted by Crippen LogP contribution is -2.47. The fourth-order valence-electron chi connectivity index (χ4n) is 4.90. The van der Waals surface area contributed by atoms with Gasteiger partial charge in [-0.15, -0.1) is 0 Å². The van der Waals surface area contributed by atoms with Gasteiger partial charge in [0.1, 0.15) is 6.61 Å². The second-order valence-corrected chi connectivity index (χ2v) is 8.77.